The van der Waals surface area contributed by atoms with Crippen molar-refractivity contribution in [2.75, 3.05) is 6.54 Å². The minimum Gasteiger partial charge on any atom is -0.307 e. The highest BCUT2D eigenvalue weighted by Crippen LogP contribution is 2.26. The molecular weight excluding hydrogens is 74.1 g/mol. The molecule has 1 saturated heterocycles. The Morgan fingerprint density at radius 3 is 2.67 bits per heavy atom. The highest BCUT2D eigenvalue weighted by molar-refractivity contribution is 5.32. The molecule has 1 atom stereocenters. The maximum absolute atomic E-state index is 3.23. The van der Waals surface area contributed by atoms with Crippen molar-refractivity contribution in [1.29, 1.82) is 0 Å². The molecule has 0 aromatic carbocycles. The number of nitrogens with one attached hydrogen (secondary N) is 1. The molecule has 6 heavy (non-hydrogen) atoms. The van der Waals surface area contributed by atoms with Gasteiger partial charge < -0.3 is 5.32 Å². The van der Waals surface area contributed by atoms with E-state index in [-0.39, 0.29) is 0 Å². The fourth-order valence-electron chi connectivity index (χ4n) is 0.665. The SMILES string of the molecule is C1=C(C2CN2)C1. The quantitative estimate of drug-likeness (QED) is 0.355. The Morgan fingerprint density at radius 1 is 1.83 bits per heavy atom. The second-order valence-electron chi connectivity index (χ2n) is 1.94. The molecule has 32 valence electrons. The molecule has 0 bridgehead atoms. The van der Waals surface area contributed by atoms with Crippen LogP contribution in [0.5, 0.6) is 0 Å². The topological polar surface area (TPSA) is 21.9 Å². The Kier molecular flexibility index (Phi) is 0.320. The highest BCUT2D eigenvalue weighted by Gasteiger charge is 2.28. The summed E-state index contributed by atoms with van der Waals surface area (Å²) in [6.45, 7) is 1.24. The van der Waals surface area contributed by atoms with Gasteiger partial charge in [0.2, 0.25) is 0 Å². The molecule has 1 unspecified atom stereocenters. The van der Waals surface area contributed by atoms with Crippen LogP contribution in [0.4, 0.5) is 0 Å². The Labute approximate surface area is 37.0 Å². The van der Waals surface area contributed by atoms with Gasteiger partial charge in [-0.1, -0.05) is 11.6 Å². The Balaban J connectivity index is 2.07. The zero-order valence-electron chi connectivity index (χ0n) is 3.57. The maximum Gasteiger partial charge on any atom is 0.0409 e. The van der Waals surface area contributed by atoms with Gasteiger partial charge in [-0.05, 0) is 6.42 Å². The normalized spacial score (nSPS) is 38.7. The van der Waals surface area contributed by atoms with Crippen LogP contribution in [0.2, 0.25) is 0 Å². The third-order valence-electron chi connectivity index (χ3n) is 1.30. The first-order valence-electron chi connectivity index (χ1n) is 2.39. The lowest BCUT2D eigenvalue weighted by atomic mass is 10.4. The zero-order valence-corrected chi connectivity index (χ0v) is 3.57. The second-order valence-corrected chi connectivity index (χ2v) is 1.94. The van der Waals surface area contributed by atoms with Crippen molar-refractivity contribution in [3.63, 3.8) is 0 Å². The van der Waals surface area contributed by atoms with E-state index in [1.807, 2.05) is 0 Å². The fraction of sp³-hybridized carbons (Fsp3) is 0.600. The summed E-state index contributed by atoms with van der Waals surface area (Å²) >= 11 is 0. The average molecular weight is 81.1 g/mol. The molecule has 1 N–H and O–H groups in total. The highest BCUT2D eigenvalue weighted by atomic mass is 15.1. The Morgan fingerprint density at radius 2 is 2.50 bits per heavy atom. The van der Waals surface area contributed by atoms with Crippen molar-refractivity contribution in [3.05, 3.63) is 11.6 Å². The van der Waals surface area contributed by atoms with Crippen molar-refractivity contribution in [3.8, 4) is 0 Å². The molecule has 0 saturated carbocycles. The maximum atomic E-state index is 3.23. The zero-order chi connectivity index (χ0) is 3.98. The minimum atomic E-state index is 0.824. The molecule has 0 spiro atoms. The molecule has 1 heteroatoms. The standard InChI is InChI=1S/C5H7N/c1-2-4(1)5-3-6-5/h1,5-6H,2-3H2. The summed E-state index contributed by atoms with van der Waals surface area (Å²) in [7, 11) is 0. The predicted octanol–water partition coefficient (Wildman–Crippen LogP) is 0.288. The van der Waals surface area contributed by atoms with Crippen LogP contribution >= 0.6 is 0 Å². The lowest BCUT2D eigenvalue weighted by Gasteiger charge is -1.71. The second kappa shape index (κ2) is 0.684. The molecule has 1 aliphatic carbocycles. The van der Waals surface area contributed by atoms with E-state index < -0.39 is 0 Å². The van der Waals surface area contributed by atoms with Crippen LogP contribution < -0.4 is 5.32 Å². The molecule has 0 amide bonds. The van der Waals surface area contributed by atoms with Crippen LogP contribution in [0.15, 0.2) is 11.6 Å². The van der Waals surface area contributed by atoms with Gasteiger partial charge in [0.25, 0.3) is 0 Å². The summed E-state index contributed by atoms with van der Waals surface area (Å²) in [5, 5.41) is 3.23. The summed E-state index contributed by atoms with van der Waals surface area (Å²) in [6.07, 6.45) is 3.57. The van der Waals surface area contributed by atoms with Crippen LogP contribution in [0.3, 0.4) is 0 Å². The third-order valence-corrected chi connectivity index (χ3v) is 1.30. The van der Waals surface area contributed by atoms with Gasteiger partial charge in [0.05, 0.1) is 0 Å². The largest absolute Gasteiger partial charge is 0.307 e. The fourth-order valence-corrected chi connectivity index (χ4v) is 0.665. The molecule has 1 aliphatic heterocycles. The summed E-state index contributed by atoms with van der Waals surface area (Å²) in [5.41, 5.74) is 1.63. The first-order valence-corrected chi connectivity index (χ1v) is 2.39. The molecule has 2 aliphatic rings. The number of allylic oxidation sites excluding steroid dienone is 1. The number of hydrogen-bond acceptors (Lipinski definition) is 1. The van der Waals surface area contributed by atoms with Crippen molar-refractivity contribution in [1.82, 2.24) is 5.32 Å². The average Bonchev–Trinajstić information content (AvgIpc) is 2.26. The smallest absolute Gasteiger partial charge is 0.0409 e. The summed E-state index contributed by atoms with van der Waals surface area (Å²) in [6, 6.07) is 0.824. The summed E-state index contributed by atoms with van der Waals surface area (Å²) < 4.78 is 0. The molecule has 0 aromatic rings. The van der Waals surface area contributed by atoms with Gasteiger partial charge in [-0.25, -0.2) is 0 Å². The lowest BCUT2D eigenvalue weighted by Crippen LogP contribution is -1.82. The van der Waals surface area contributed by atoms with Crippen LogP contribution in [0, 0.1) is 0 Å². The van der Waals surface area contributed by atoms with Gasteiger partial charge in [-0.15, -0.1) is 0 Å². The van der Waals surface area contributed by atoms with Gasteiger partial charge in [-0.2, -0.15) is 0 Å². The molecular formula is C5H7N. The van der Waals surface area contributed by atoms with E-state index in [0.29, 0.717) is 0 Å². The molecule has 1 nitrogen and oxygen atoms in total. The van der Waals surface area contributed by atoms with Crippen LogP contribution in [0.25, 0.3) is 0 Å². The van der Waals surface area contributed by atoms with E-state index in [2.05, 4.69) is 11.4 Å². The monoisotopic (exact) mass is 81.1 g/mol. The van der Waals surface area contributed by atoms with E-state index in [1.165, 1.54) is 13.0 Å². The van der Waals surface area contributed by atoms with E-state index in [9.17, 15) is 0 Å². The van der Waals surface area contributed by atoms with Crippen LogP contribution in [0.1, 0.15) is 6.42 Å². The van der Waals surface area contributed by atoms with E-state index in [0.717, 1.165) is 6.04 Å². The first-order chi connectivity index (χ1) is 2.97. The van der Waals surface area contributed by atoms with Crippen molar-refractivity contribution in [2.45, 2.75) is 12.5 Å². The van der Waals surface area contributed by atoms with Gasteiger partial charge in [0.1, 0.15) is 0 Å². The van der Waals surface area contributed by atoms with E-state index in [4.69, 9.17) is 0 Å². The number of rotatable bonds is 1. The van der Waals surface area contributed by atoms with Crippen molar-refractivity contribution >= 4 is 0 Å². The van der Waals surface area contributed by atoms with E-state index >= 15 is 0 Å². The summed E-state index contributed by atoms with van der Waals surface area (Å²) in [4.78, 5) is 0. The van der Waals surface area contributed by atoms with Gasteiger partial charge in [0.15, 0.2) is 0 Å². The van der Waals surface area contributed by atoms with Crippen LogP contribution in [-0.4, -0.2) is 12.6 Å². The Hall–Kier alpha value is -0.300. The van der Waals surface area contributed by atoms with Gasteiger partial charge >= 0.3 is 0 Å². The Bertz CT molecular complexity index is 101. The van der Waals surface area contributed by atoms with Gasteiger partial charge in [-0.3, -0.25) is 0 Å². The molecule has 2 rings (SSSR count). The van der Waals surface area contributed by atoms with Crippen molar-refractivity contribution in [2.24, 2.45) is 0 Å². The van der Waals surface area contributed by atoms with E-state index in [1.54, 1.807) is 5.57 Å². The van der Waals surface area contributed by atoms with Gasteiger partial charge in [0, 0.05) is 12.6 Å². The molecule has 0 aromatic heterocycles. The molecule has 0 radical (unpaired) electrons. The summed E-state index contributed by atoms with van der Waals surface area (Å²) in [5.74, 6) is 0. The van der Waals surface area contributed by atoms with Crippen LogP contribution in [-0.2, 0) is 0 Å². The molecule has 1 heterocycles. The first kappa shape index (κ1) is 2.80. The minimum absolute atomic E-state index is 0.824. The number of hydrogen-bond donors (Lipinski definition) is 1. The lowest BCUT2D eigenvalue weighted by molar-refractivity contribution is 1.15. The molecule has 1 fully saturated rings. The van der Waals surface area contributed by atoms with Crippen molar-refractivity contribution < 1.29 is 0 Å². The third kappa shape index (κ3) is 0.287. The predicted molar refractivity (Wildman–Crippen MR) is 24.5 cm³/mol.